The maximum absolute atomic E-state index is 14.0. The average Bonchev–Trinajstić information content (AvgIpc) is 2.48. The van der Waals surface area contributed by atoms with Gasteiger partial charge in [-0.1, -0.05) is 15.9 Å². The first-order chi connectivity index (χ1) is 9.60. The Morgan fingerprint density at radius 2 is 1.70 bits per heavy atom. The van der Waals surface area contributed by atoms with Crippen LogP contribution in [0.5, 0.6) is 11.5 Å². The Bertz CT molecular complexity index is 656. The number of aldehydes is 1. The molecule has 104 valence electrons. The predicted octanol–water partition coefficient (Wildman–Crippen LogP) is 4.08. The normalized spacial score (nSPS) is 10.2. The van der Waals surface area contributed by atoms with Crippen LogP contribution < -0.4 is 9.47 Å². The number of methoxy groups -OCH3 is 2. The van der Waals surface area contributed by atoms with Crippen LogP contribution in [-0.2, 0) is 0 Å². The fraction of sp³-hybridized carbons (Fsp3) is 0.133. The summed E-state index contributed by atoms with van der Waals surface area (Å²) in [6.07, 6.45) is 0.664. The van der Waals surface area contributed by atoms with Crippen LogP contribution in [0, 0.1) is 5.82 Å². The van der Waals surface area contributed by atoms with E-state index in [0.717, 1.165) is 4.47 Å². The molecular formula is C15H12BrFO3. The van der Waals surface area contributed by atoms with Crippen LogP contribution in [0.4, 0.5) is 4.39 Å². The van der Waals surface area contributed by atoms with E-state index in [9.17, 15) is 9.18 Å². The summed E-state index contributed by atoms with van der Waals surface area (Å²) in [6.45, 7) is 0. The first-order valence-corrected chi connectivity index (χ1v) is 6.56. The molecule has 0 aliphatic carbocycles. The lowest BCUT2D eigenvalue weighted by Gasteiger charge is -2.13. The second-order valence-electron chi connectivity index (χ2n) is 4.04. The quantitative estimate of drug-likeness (QED) is 0.788. The molecule has 3 nitrogen and oxygen atoms in total. The summed E-state index contributed by atoms with van der Waals surface area (Å²) in [5.41, 5.74) is 1.11. The molecule has 0 aromatic heterocycles. The smallest absolute Gasteiger partial charge is 0.161 e. The minimum absolute atomic E-state index is 0.322. The van der Waals surface area contributed by atoms with E-state index < -0.39 is 5.82 Å². The maximum Gasteiger partial charge on any atom is 0.161 e. The third kappa shape index (κ3) is 2.67. The van der Waals surface area contributed by atoms with Gasteiger partial charge in [-0.3, -0.25) is 4.79 Å². The van der Waals surface area contributed by atoms with Crippen LogP contribution in [0.2, 0.25) is 0 Å². The molecule has 0 radical (unpaired) electrons. The monoisotopic (exact) mass is 338 g/mol. The summed E-state index contributed by atoms with van der Waals surface area (Å²) in [5, 5.41) is 0. The number of halogens is 2. The Labute approximate surface area is 124 Å². The van der Waals surface area contributed by atoms with Gasteiger partial charge < -0.3 is 9.47 Å². The molecule has 0 aliphatic rings. The van der Waals surface area contributed by atoms with Gasteiger partial charge in [0, 0.05) is 15.6 Å². The van der Waals surface area contributed by atoms with Crippen molar-refractivity contribution < 1.29 is 18.7 Å². The lowest BCUT2D eigenvalue weighted by Crippen LogP contribution is -1.96. The van der Waals surface area contributed by atoms with Crippen molar-refractivity contribution in [1.82, 2.24) is 0 Å². The first kappa shape index (κ1) is 14.5. The van der Waals surface area contributed by atoms with Crippen LogP contribution in [-0.4, -0.2) is 20.5 Å². The van der Waals surface area contributed by atoms with Gasteiger partial charge in [-0.05, 0) is 35.9 Å². The highest BCUT2D eigenvalue weighted by molar-refractivity contribution is 9.10. The van der Waals surface area contributed by atoms with Crippen molar-refractivity contribution >= 4 is 22.2 Å². The van der Waals surface area contributed by atoms with Gasteiger partial charge in [0.1, 0.15) is 5.82 Å². The highest BCUT2D eigenvalue weighted by Gasteiger charge is 2.15. The zero-order valence-corrected chi connectivity index (χ0v) is 12.5. The summed E-state index contributed by atoms with van der Waals surface area (Å²) in [4.78, 5) is 11.2. The standard InChI is InChI=1S/C15H12BrFO3/c1-19-14-5-9(8-18)11(7-15(14)20-2)12-6-10(16)3-4-13(12)17/h3-8H,1-2H3. The number of ether oxygens (including phenoxy) is 2. The van der Waals surface area contributed by atoms with Crippen molar-refractivity contribution in [2.24, 2.45) is 0 Å². The van der Waals surface area contributed by atoms with E-state index >= 15 is 0 Å². The van der Waals surface area contributed by atoms with Gasteiger partial charge in [0.2, 0.25) is 0 Å². The molecule has 20 heavy (non-hydrogen) atoms. The van der Waals surface area contributed by atoms with E-state index in [-0.39, 0.29) is 0 Å². The van der Waals surface area contributed by atoms with E-state index in [4.69, 9.17) is 9.47 Å². The lowest BCUT2D eigenvalue weighted by atomic mass is 9.99. The Morgan fingerprint density at radius 1 is 1.05 bits per heavy atom. The summed E-state index contributed by atoms with van der Waals surface area (Å²) in [7, 11) is 2.96. The first-order valence-electron chi connectivity index (χ1n) is 5.77. The third-order valence-electron chi connectivity index (χ3n) is 2.90. The SMILES string of the molecule is COc1cc(C=O)c(-c2cc(Br)ccc2F)cc1OC. The molecule has 0 aliphatic heterocycles. The minimum Gasteiger partial charge on any atom is -0.493 e. The highest BCUT2D eigenvalue weighted by atomic mass is 79.9. The summed E-state index contributed by atoms with van der Waals surface area (Å²) in [6, 6.07) is 7.67. The number of hydrogen-bond donors (Lipinski definition) is 0. The largest absolute Gasteiger partial charge is 0.493 e. The maximum atomic E-state index is 14.0. The summed E-state index contributed by atoms with van der Waals surface area (Å²) >= 11 is 3.29. The summed E-state index contributed by atoms with van der Waals surface area (Å²) < 4.78 is 25.0. The van der Waals surface area contributed by atoms with E-state index in [1.54, 1.807) is 18.2 Å². The van der Waals surface area contributed by atoms with Gasteiger partial charge in [-0.25, -0.2) is 4.39 Å². The fourth-order valence-electron chi connectivity index (χ4n) is 1.93. The van der Waals surface area contributed by atoms with Crippen molar-refractivity contribution in [1.29, 1.82) is 0 Å². The van der Waals surface area contributed by atoms with Crippen molar-refractivity contribution in [3.8, 4) is 22.6 Å². The van der Waals surface area contributed by atoms with Crippen LogP contribution in [0.1, 0.15) is 10.4 Å². The Balaban J connectivity index is 2.72. The fourth-order valence-corrected chi connectivity index (χ4v) is 2.29. The van der Waals surface area contributed by atoms with Gasteiger partial charge >= 0.3 is 0 Å². The molecule has 0 atom stereocenters. The molecule has 0 amide bonds. The molecule has 2 aromatic carbocycles. The van der Waals surface area contributed by atoms with Gasteiger partial charge in [-0.15, -0.1) is 0 Å². The van der Waals surface area contributed by atoms with Crippen LogP contribution in [0.3, 0.4) is 0 Å². The average molecular weight is 339 g/mol. The molecule has 0 unspecified atom stereocenters. The number of rotatable bonds is 4. The minimum atomic E-state index is -0.413. The second-order valence-corrected chi connectivity index (χ2v) is 4.95. The molecule has 5 heteroatoms. The Morgan fingerprint density at radius 3 is 2.30 bits per heavy atom. The number of benzene rings is 2. The van der Waals surface area contributed by atoms with Crippen LogP contribution >= 0.6 is 15.9 Å². The van der Waals surface area contributed by atoms with E-state index in [1.165, 1.54) is 26.4 Å². The van der Waals surface area contributed by atoms with Gasteiger partial charge in [-0.2, -0.15) is 0 Å². The van der Waals surface area contributed by atoms with Crippen LogP contribution in [0.15, 0.2) is 34.8 Å². The zero-order valence-electron chi connectivity index (χ0n) is 10.9. The van der Waals surface area contributed by atoms with E-state index in [0.29, 0.717) is 34.5 Å². The summed E-state index contributed by atoms with van der Waals surface area (Å²) in [5.74, 6) is 0.449. The molecule has 2 rings (SSSR count). The molecule has 0 spiro atoms. The third-order valence-corrected chi connectivity index (χ3v) is 3.39. The molecule has 0 saturated carbocycles. The topological polar surface area (TPSA) is 35.5 Å². The van der Waals surface area contributed by atoms with Crippen molar-refractivity contribution in [3.63, 3.8) is 0 Å². The number of carbonyl (C=O) groups excluding carboxylic acids is 1. The molecule has 0 bridgehead atoms. The van der Waals surface area contributed by atoms with Gasteiger partial charge in [0.25, 0.3) is 0 Å². The van der Waals surface area contributed by atoms with Crippen molar-refractivity contribution in [3.05, 3.63) is 46.2 Å². The lowest BCUT2D eigenvalue weighted by molar-refractivity contribution is 0.112. The predicted molar refractivity (Wildman–Crippen MR) is 78.0 cm³/mol. The molecule has 0 heterocycles. The van der Waals surface area contributed by atoms with E-state index in [1.807, 2.05) is 0 Å². The highest BCUT2D eigenvalue weighted by Crippen LogP contribution is 2.36. The van der Waals surface area contributed by atoms with Gasteiger partial charge in [0.05, 0.1) is 14.2 Å². The zero-order chi connectivity index (χ0) is 14.7. The Hall–Kier alpha value is -1.88. The molecule has 0 N–H and O–H groups in total. The second kappa shape index (κ2) is 6.05. The van der Waals surface area contributed by atoms with Gasteiger partial charge in [0.15, 0.2) is 17.8 Å². The van der Waals surface area contributed by atoms with Crippen LogP contribution in [0.25, 0.3) is 11.1 Å². The molecular weight excluding hydrogens is 327 g/mol. The molecule has 0 saturated heterocycles. The Kier molecular flexibility index (Phi) is 4.39. The van der Waals surface area contributed by atoms with Crippen molar-refractivity contribution in [2.45, 2.75) is 0 Å². The van der Waals surface area contributed by atoms with E-state index in [2.05, 4.69) is 15.9 Å². The van der Waals surface area contributed by atoms with Crippen molar-refractivity contribution in [2.75, 3.05) is 14.2 Å². The number of hydrogen-bond acceptors (Lipinski definition) is 3. The molecule has 0 fully saturated rings. The number of carbonyl (C=O) groups is 1. The molecule has 2 aromatic rings.